The summed E-state index contributed by atoms with van der Waals surface area (Å²) in [4.78, 5) is 1.78. The van der Waals surface area contributed by atoms with Gasteiger partial charge in [-0.05, 0) is 43.7 Å². The molecule has 124 valence electrons. The number of anilines is 1. The molecule has 3 heterocycles. The van der Waals surface area contributed by atoms with E-state index in [0.717, 1.165) is 12.1 Å². The number of hydrogen-bond acceptors (Lipinski definition) is 5. The molecule has 1 saturated heterocycles. The minimum atomic E-state index is -0.642. The molecule has 1 aliphatic rings. The lowest BCUT2D eigenvalue weighted by Crippen LogP contribution is -2.26. The Balaban J connectivity index is 1.79. The highest BCUT2D eigenvalue weighted by atomic mass is 19.1. The Kier molecular flexibility index (Phi) is 3.42. The standard InChI is InChI=1S/C16H15F2N5O/c1-9-19-20-15-4-5-16(21-23(9)15)22-8-11(24)7-14(22)12-6-10(17)2-3-13(12)18/h2-6,11,14,24H,7-8H2,1H3. The van der Waals surface area contributed by atoms with Gasteiger partial charge in [0, 0.05) is 12.1 Å². The molecule has 2 unspecified atom stereocenters. The summed E-state index contributed by atoms with van der Waals surface area (Å²) >= 11 is 0. The van der Waals surface area contributed by atoms with Crippen molar-refractivity contribution in [3.63, 3.8) is 0 Å². The maximum Gasteiger partial charge on any atom is 0.178 e. The Morgan fingerprint density at radius 1 is 1.17 bits per heavy atom. The molecule has 2 atom stereocenters. The number of β-amino-alcohol motifs (C(OH)–C–C–N with tert-alkyl or cyclic N) is 1. The van der Waals surface area contributed by atoms with Crippen molar-refractivity contribution >= 4 is 11.5 Å². The third-order valence-electron chi connectivity index (χ3n) is 4.29. The van der Waals surface area contributed by atoms with Crippen molar-refractivity contribution in [1.82, 2.24) is 19.8 Å². The molecule has 24 heavy (non-hydrogen) atoms. The van der Waals surface area contributed by atoms with Crippen molar-refractivity contribution < 1.29 is 13.9 Å². The van der Waals surface area contributed by atoms with E-state index in [0.29, 0.717) is 30.3 Å². The number of fused-ring (bicyclic) bond motifs is 1. The van der Waals surface area contributed by atoms with Crippen molar-refractivity contribution in [1.29, 1.82) is 0 Å². The maximum atomic E-state index is 14.2. The quantitative estimate of drug-likeness (QED) is 0.778. The third kappa shape index (κ3) is 2.39. The van der Waals surface area contributed by atoms with Gasteiger partial charge in [-0.3, -0.25) is 0 Å². The molecule has 0 spiro atoms. The first-order chi connectivity index (χ1) is 11.5. The van der Waals surface area contributed by atoms with Crippen LogP contribution >= 0.6 is 0 Å². The van der Waals surface area contributed by atoms with Gasteiger partial charge in [0.25, 0.3) is 0 Å². The summed E-state index contributed by atoms with van der Waals surface area (Å²) in [7, 11) is 0. The van der Waals surface area contributed by atoms with Crippen molar-refractivity contribution in [3.8, 4) is 0 Å². The molecule has 0 saturated carbocycles. The van der Waals surface area contributed by atoms with Crippen LogP contribution in [-0.2, 0) is 0 Å². The van der Waals surface area contributed by atoms with Crippen LogP contribution in [-0.4, -0.2) is 37.6 Å². The van der Waals surface area contributed by atoms with Gasteiger partial charge in [-0.2, -0.15) is 4.52 Å². The number of rotatable bonds is 2. The molecule has 1 N–H and O–H groups in total. The van der Waals surface area contributed by atoms with E-state index in [-0.39, 0.29) is 5.56 Å². The molecule has 0 aliphatic carbocycles. The van der Waals surface area contributed by atoms with E-state index in [1.54, 1.807) is 28.5 Å². The highest BCUT2D eigenvalue weighted by molar-refractivity contribution is 5.49. The average molecular weight is 331 g/mol. The SMILES string of the molecule is Cc1nnc2ccc(N3CC(O)CC3c3cc(F)ccc3F)nn12. The summed E-state index contributed by atoms with van der Waals surface area (Å²) in [5.74, 6) is 0.170. The first-order valence-electron chi connectivity index (χ1n) is 7.61. The fourth-order valence-electron chi connectivity index (χ4n) is 3.17. The van der Waals surface area contributed by atoms with Gasteiger partial charge in [0.2, 0.25) is 0 Å². The molecule has 4 rings (SSSR count). The normalized spacial score (nSPS) is 20.9. The van der Waals surface area contributed by atoms with Crippen molar-refractivity contribution in [2.45, 2.75) is 25.5 Å². The van der Waals surface area contributed by atoms with Crippen molar-refractivity contribution in [3.05, 3.63) is 53.4 Å². The van der Waals surface area contributed by atoms with Gasteiger partial charge in [0.05, 0.1) is 12.1 Å². The number of aromatic nitrogens is 4. The lowest BCUT2D eigenvalue weighted by Gasteiger charge is -2.26. The lowest BCUT2D eigenvalue weighted by molar-refractivity contribution is 0.194. The largest absolute Gasteiger partial charge is 0.391 e. The van der Waals surface area contributed by atoms with Crippen molar-refractivity contribution in [2.24, 2.45) is 0 Å². The van der Waals surface area contributed by atoms with Crippen LogP contribution in [0.25, 0.3) is 5.65 Å². The number of hydrogen-bond donors (Lipinski definition) is 1. The molecule has 0 bridgehead atoms. The lowest BCUT2D eigenvalue weighted by atomic mass is 10.0. The second-order valence-corrected chi connectivity index (χ2v) is 5.93. The van der Waals surface area contributed by atoms with Gasteiger partial charge in [0.1, 0.15) is 17.5 Å². The summed E-state index contributed by atoms with van der Waals surface area (Å²) < 4.78 is 29.3. The number of nitrogens with zero attached hydrogens (tertiary/aromatic N) is 5. The van der Waals surface area contributed by atoms with Crippen LogP contribution in [0.1, 0.15) is 23.9 Å². The Labute approximate surface area is 136 Å². The zero-order valence-corrected chi connectivity index (χ0v) is 12.9. The predicted octanol–water partition coefficient (Wildman–Crippen LogP) is 2.02. The molecular weight excluding hydrogens is 316 g/mol. The zero-order valence-electron chi connectivity index (χ0n) is 12.9. The zero-order chi connectivity index (χ0) is 16.8. The number of aliphatic hydroxyl groups is 1. The Hall–Kier alpha value is -2.61. The van der Waals surface area contributed by atoms with Gasteiger partial charge in [0.15, 0.2) is 11.5 Å². The highest BCUT2D eigenvalue weighted by Crippen LogP contribution is 2.36. The van der Waals surface area contributed by atoms with Crippen LogP contribution < -0.4 is 4.90 Å². The summed E-state index contributed by atoms with van der Waals surface area (Å²) in [5.41, 5.74) is 0.818. The highest BCUT2D eigenvalue weighted by Gasteiger charge is 2.35. The second kappa shape index (κ2) is 5.48. The molecule has 1 aromatic carbocycles. The Morgan fingerprint density at radius 2 is 2.00 bits per heavy atom. The Morgan fingerprint density at radius 3 is 2.83 bits per heavy atom. The molecular formula is C16H15F2N5O. The minimum Gasteiger partial charge on any atom is -0.391 e. The molecule has 0 amide bonds. The molecule has 1 aliphatic heterocycles. The summed E-state index contributed by atoms with van der Waals surface area (Å²) in [6.07, 6.45) is -0.335. The third-order valence-corrected chi connectivity index (χ3v) is 4.29. The molecule has 8 heteroatoms. The fraction of sp³-hybridized carbons (Fsp3) is 0.312. The van der Waals surface area contributed by atoms with E-state index >= 15 is 0 Å². The van der Waals surface area contributed by atoms with Crippen LogP contribution in [0.3, 0.4) is 0 Å². The summed E-state index contributed by atoms with van der Waals surface area (Å²) in [6.45, 7) is 2.07. The van der Waals surface area contributed by atoms with Crippen molar-refractivity contribution in [2.75, 3.05) is 11.4 Å². The topological polar surface area (TPSA) is 66.5 Å². The number of halogens is 2. The number of benzene rings is 1. The summed E-state index contributed by atoms with van der Waals surface area (Å²) in [6, 6.07) is 6.37. The summed E-state index contributed by atoms with van der Waals surface area (Å²) in [5, 5.41) is 22.5. The molecule has 3 aromatic rings. The van der Waals surface area contributed by atoms with E-state index in [4.69, 9.17) is 0 Å². The smallest absolute Gasteiger partial charge is 0.178 e. The van der Waals surface area contributed by atoms with Crippen LogP contribution in [0, 0.1) is 18.6 Å². The second-order valence-electron chi connectivity index (χ2n) is 5.93. The van der Waals surface area contributed by atoms with E-state index in [2.05, 4.69) is 15.3 Å². The fourth-order valence-corrected chi connectivity index (χ4v) is 3.17. The first kappa shape index (κ1) is 14.9. The maximum absolute atomic E-state index is 14.2. The molecule has 0 radical (unpaired) electrons. The first-order valence-corrected chi connectivity index (χ1v) is 7.61. The monoisotopic (exact) mass is 331 g/mol. The molecule has 6 nitrogen and oxygen atoms in total. The minimum absolute atomic E-state index is 0.217. The van der Waals surface area contributed by atoms with E-state index < -0.39 is 23.8 Å². The van der Waals surface area contributed by atoms with Gasteiger partial charge in [-0.25, -0.2) is 8.78 Å². The van der Waals surface area contributed by atoms with Gasteiger partial charge >= 0.3 is 0 Å². The van der Waals surface area contributed by atoms with Crippen LogP contribution in [0.15, 0.2) is 30.3 Å². The molecule has 1 fully saturated rings. The molecule has 2 aromatic heterocycles. The van der Waals surface area contributed by atoms with Gasteiger partial charge in [-0.15, -0.1) is 15.3 Å². The van der Waals surface area contributed by atoms with Crippen LogP contribution in [0.2, 0.25) is 0 Å². The van der Waals surface area contributed by atoms with Gasteiger partial charge < -0.3 is 10.0 Å². The average Bonchev–Trinajstić information content (AvgIpc) is 3.13. The Bertz CT molecular complexity index is 913. The van der Waals surface area contributed by atoms with E-state index in [1.807, 2.05) is 0 Å². The number of aryl methyl sites for hydroxylation is 1. The number of aliphatic hydroxyl groups excluding tert-OH is 1. The van der Waals surface area contributed by atoms with E-state index in [9.17, 15) is 13.9 Å². The predicted molar refractivity (Wildman–Crippen MR) is 82.6 cm³/mol. The van der Waals surface area contributed by atoms with E-state index in [1.165, 1.54) is 6.07 Å². The van der Waals surface area contributed by atoms with Crippen LogP contribution in [0.4, 0.5) is 14.6 Å². The van der Waals surface area contributed by atoms with Gasteiger partial charge in [-0.1, -0.05) is 0 Å². The van der Waals surface area contributed by atoms with Crippen LogP contribution in [0.5, 0.6) is 0 Å².